The van der Waals surface area contributed by atoms with Gasteiger partial charge in [-0.25, -0.2) is 0 Å². The Labute approximate surface area is 155 Å². The van der Waals surface area contributed by atoms with Gasteiger partial charge in [-0.2, -0.15) is 0 Å². The van der Waals surface area contributed by atoms with Gasteiger partial charge in [0.25, 0.3) is 0 Å². The zero-order chi connectivity index (χ0) is 17.8. The smallest absolute Gasteiger partial charge is 0.118 e. The van der Waals surface area contributed by atoms with Crippen LogP contribution in [0.25, 0.3) is 11.1 Å². The third-order valence-corrected chi connectivity index (χ3v) is 5.24. The number of hydrogen-bond acceptors (Lipinski definition) is 2. The fraction of sp³-hybridized carbons (Fsp3) is 0.250. The summed E-state index contributed by atoms with van der Waals surface area (Å²) in [6, 6.07) is 27.5. The molecule has 0 N–H and O–H groups in total. The van der Waals surface area contributed by atoms with Crippen LogP contribution < -0.4 is 4.74 Å². The first-order chi connectivity index (χ1) is 12.8. The predicted octanol–water partition coefficient (Wildman–Crippen LogP) is 5.61. The van der Waals surface area contributed by atoms with Crippen LogP contribution in [0.4, 0.5) is 0 Å². The van der Waals surface area contributed by atoms with E-state index in [9.17, 15) is 0 Å². The number of benzene rings is 3. The van der Waals surface area contributed by atoms with Crippen LogP contribution in [0.1, 0.15) is 24.0 Å². The lowest BCUT2D eigenvalue weighted by atomic mass is 9.97. The van der Waals surface area contributed by atoms with Crippen molar-refractivity contribution in [1.29, 1.82) is 0 Å². The molecule has 1 aliphatic carbocycles. The minimum atomic E-state index is 0.198. The standard InChI is InChI=1S/C24H24O2/c1-25-23-12-10-22(11-13-23)24(14-15-24)18-26-17-19-6-5-9-21(16-19)20-7-3-2-4-8-20/h2-13,16H,14-15,17-18H2,1H3. The molecule has 0 radical (unpaired) electrons. The van der Waals surface area contributed by atoms with Crippen LogP contribution in [0.3, 0.4) is 0 Å². The first-order valence-corrected chi connectivity index (χ1v) is 9.16. The molecule has 0 saturated heterocycles. The minimum absolute atomic E-state index is 0.198. The maximum atomic E-state index is 6.12. The summed E-state index contributed by atoms with van der Waals surface area (Å²) in [4.78, 5) is 0. The molecule has 132 valence electrons. The molecule has 0 spiro atoms. The van der Waals surface area contributed by atoms with E-state index in [1.165, 1.54) is 35.1 Å². The van der Waals surface area contributed by atoms with Crippen LogP contribution >= 0.6 is 0 Å². The van der Waals surface area contributed by atoms with Crippen molar-refractivity contribution in [2.24, 2.45) is 0 Å². The van der Waals surface area contributed by atoms with Crippen molar-refractivity contribution in [3.8, 4) is 16.9 Å². The molecule has 0 amide bonds. The van der Waals surface area contributed by atoms with Gasteiger partial charge in [0.05, 0.1) is 20.3 Å². The zero-order valence-corrected chi connectivity index (χ0v) is 15.2. The lowest BCUT2D eigenvalue weighted by molar-refractivity contribution is 0.100. The summed E-state index contributed by atoms with van der Waals surface area (Å²) in [6.45, 7) is 1.42. The molecule has 1 fully saturated rings. The highest BCUT2D eigenvalue weighted by molar-refractivity contribution is 5.63. The van der Waals surface area contributed by atoms with Gasteiger partial charge >= 0.3 is 0 Å². The van der Waals surface area contributed by atoms with E-state index in [2.05, 4.69) is 60.7 Å². The normalized spacial score (nSPS) is 14.8. The lowest BCUT2D eigenvalue weighted by Crippen LogP contribution is -2.15. The van der Waals surface area contributed by atoms with Gasteiger partial charge in [0.15, 0.2) is 0 Å². The van der Waals surface area contributed by atoms with Crippen LogP contribution in [0, 0.1) is 0 Å². The topological polar surface area (TPSA) is 18.5 Å². The number of ether oxygens (including phenoxy) is 2. The molecule has 2 heteroatoms. The summed E-state index contributed by atoms with van der Waals surface area (Å²) in [6.07, 6.45) is 2.40. The second-order valence-electron chi connectivity index (χ2n) is 7.07. The molecular formula is C24H24O2. The highest BCUT2D eigenvalue weighted by Gasteiger charge is 2.44. The third-order valence-electron chi connectivity index (χ3n) is 5.24. The Morgan fingerprint density at radius 3 is 2.23 bits per heavy atom. The Morgan fingerprint density at radius 2 is 1.54 bits per heavy atom. The Hall–Kier alpha value is -2.58. The van der Waals surface area contributed by atoms with E-state index in [0.717, 1.165) is 12.4 Å². The Balaban J connectivity index is 1.39. The highest BCUT2D eigenvalue weighted by atomic mass is 16.5. The van der Waals surface area contributed by atoms with Crippen molar-refractivity contribution < 1.29 is 9.47 Å². The van der Waals surface area contributed by atoms with Crippen LogP contribution in [-0.2, 0) is 16.8 Å². The maximum absolute atomic E-state index is 6.12. The lowest BCUT2D eigenvalue weighted by Gasteiger charge is -2.17. The molecule has 0 bridgehead atoms. The molecule has 0 heterocycles. The summed E-state index contributed by atoms with van der Waals surface area (Å²) in [5.41, 5.74) is 5.26. The summed E-state index contributed by atoms with van der Waals surface area (Å²) in [7, 11) is 1.70. The van der Waals surface area contributed by atoms with E-state index in [-0.39, 0.29) is 5.41 Å². The van der Waals surface area contributed by atoms with Crippen LogP contribution in [0.15, 0.2) is 78.9 Å². The molecule has 0 aliphatic heterocycles. The minimum Gasteiger partial charge on any atom is -0.497 e. The van der Waals surface area contributed by atoms with Gasteiger partial charge in [-0.15, -0.1) is 0 Å². The number of hydrogen-bond donors (Lipinski definition) is 0. The van der Waals surface area contributed by atoms with Gasteiger partial charge in [-0.1, -0.05) is 60.7 Å². The van der Waals surface area contributed by atoms with E-state index < -0.39 is 0 Å². The maximum Gasteiger partial charge on any atom is 0.118 e. The summed E-state index contributed by atoms with van der Waals surface area (Å²) < 4.78 is 11.4. The second kappa shape index (κ2) is 7.35. The van der Waals surface area contributed by atoms with Crippen molar-refractivity contribution in [1.82, 2.24) is 0 Å². The number of methoxy groups -OCH3 is 1. The monoisotopic (exact) mass is 344 g/mol. The molecular weight excluding hydrogens is 320 g/mol. The SMILES string of the molecule is COc1ccc(C2(COCc3cccc(-c4ccccc4)c3)CC2)cc1. The molecule has 1 saturated carbocycles. The predicted molar refractivity (Wildman–Crippen MR) is 105 cm³/mol. The molecule has 26 heavy (non-hydrogen) atoms. The average molecular weight is 344 g/mol. The van der Waals surface area contributed by atoms with E-state index >= 15 is 0 Å². The van der Waals surface area contributed by atoms with Crippen molar-refractivity contribution in [2.45, 2.75) is 24.9 Å². The third kappa shape index (κ3) is 3.66. The summed E-state index contributed by atoms with van der Waals surface area (Å²) in [5.74, 6) is 0.906. The zero-order valence-electron chi connectivity index (χ0n) is 15.2. The average Bonchev–Trinajstić information content (AvgIpc) is 3.50. The molecule has 1 aliphatic rings. The second-order valence-corrected chi connectivity index (χ2v) is 7.07. The van der Waals surface area contributed by atoms with E-state index in [4.69, 9.17) is 9.47 Å². The molecule has 3 aromatic carbocycles. The first-order valence-electron chi connectivity index (χ1n) is 9.16. The molecule has 2 nitrogen and oxygen atoms in total. The summed E-state index contributed by atoms with van der Waals surface area (Å²) >= 11 is 0. The largest absolute Gasteiger partial charge is 0.497 e. The van der Waals surface area contributed by atoms with Gasteiger partial charge in [0.1, 0.15) is 5.75 Å². The van der Waals surface area contributed by atoms with Crippen molar-refractivity contribution in [2.75, 3.05) is 13.7 Å². The fourth-order valence-electron chi connectivity index (χ4n) is 3.45. The molecule has 3 aromatic rings. The van der Waals surface area contributed by atoms with Gasteiger partial charge in [0, 0.05) is 5.41 Å². The van der Waals surface area contributed by atoms with Gasteiger partial charge < -0.3 is 9.47 Å². The Bertz CT molecular complexity index is 849. The van der Waals surface area contributed by atoms with Crippen LogP contribution in [-0.4, -0.2) is 13.7 Å². The van der Waals surface area contributed by atoms with Crippen molar-refractivity contribution in [3.05, 3.63) is 90.0 Å². The molecule has 4 rings (SSSR count). The van der Waals surface area contributed by atoms with Crippen molar-refractivity contribution >= 4 is 0 Å². The van der Waals surface area contributed by atoms with E-state index in [0.29, 0.717) is 6.61 Å². The van der Waals surface area contributed by atoms with Crippen LogP contribution in [0.5, 0.6) is 5.75 Å². The first kappa shape index (κ1) is 16.9. The van der Waals surface area contributed by atoms with E-state index in [1.807, 2.05) is 18.2 Å². The fourth-order valence-corrected chi connectivity index (χ4v) is 3.45. The molecule has 0 unspecified atom stereocenters. The molecule has 0 aromatic heterocycles. The summed E-state index contributed by atoms with van der Waals surface area (Å²) in [5, 5.41) is 0. The molecule has 0 atom stereocenters. The van der Waals surface area contributed by atoms with E-state index in [1.54, 1.807) is 7.11 Å². The Morgan fingerprint density at radius 1 is 0.808 bits per heavy atom. The van der Waals surface area contributed by atoms with Gasteiger partial charge in [-0.3, -0.25) is 0 Å². The Kier molecular flexibility index (Phi) is 4.77. The van der Waals surface area contributed by atoms with Gasteiger partial charge in [0.2, 0.25) is 0 Å². The van der Waals surface area contributed by atoms with Crippen molar-refractivity contribution in [3.63, 3.8) is 0 Å². The van der Waals surface area contributed by atoms with Crippen LogP contribution in [0.2, 0.25) is 0 Å². The number of rotatable bonds is 7. The highest BCUT2D eigenvalue weighted by Crippen LogP contribution is 2.48. The quantitative estimate of drug-likeness (QED) is 0.554. The van der Waals surface area contributed by atoms with Gasteiger partial charge in [-0.05, 0) is 53.3 Å².